The van der Waals surface area contributed by atoms with E-state index in [2.05, 4.69) is 0 Å². The Morgan fingerprint density at radius 2 is 2.06 bits per heavy atom. The van der Waals surface area contributed by atoms with Crippen LogP contribution < -0.4 is 5.73 Å². The van der Waals surface area contributed by atoms with Crippen molar-refractivity contribution in [2.45, 2.75) is 51.8 Å². The molecule has 1 fully saturated rings. The lowest BCUT2D eigenvalue weighted by Gasteiger charge is -2.26. The molecule has 1 aliphatic heterocycles. The first kappa shape index (κ1) is 14.9. The van der Waals surface area contributed by atoms with Crippen molar-refractivity contribution in [3.63, 3.8) is 0 Å². The molecule has 1 rings (SSSR count). The summed E-state index contributed by atoms with van der Waals surface area (Å²) < 4.78 is 30.9. The smallest absolute Gasteiger partial charge is 0.217 e. The third kappa shape index (κ3) is 4.91. The topological polar surface area (TPSA) is 72.6 Å². The van der Waals surface area contributed by atoms with Crippen LogP contribution in [0.2, 0.25) is 0 Å². The predicted molar refractivity (Wildman–Crippen MR) is 68.0 cm³/mol. The number of sulfonamides is 1. The Morgan fingerprint density at radius 3 is 2.71 bits per heavy atom. The zero-order chi connectivity index (χ0) is 12.9. The highest BCUT2D eigenvalue weighted by molar-refractivity contribution is 7.89. The number of ether oxygens (including phenoxy) is 1. The summed E-state index contributed by atoms with van der Waals surface area (Å²) in [5.74, 6) is 0.0267. The van der Waals surface area contributed by atoms with Gasteiger partial charge in [-0.05, 0) is 26.7 Å². The Bertz CT molecular complexity index is 317. The van der Waals surface area contributed by atoms with Crippen molar-refractivity contribution >= 4 is 10.0 Å². The van der Waals surface area contributed by atoms with Gasteiger partial charge in [-0.2, -0.15) is 4.31 Å². The minimum absolute atomic E-state index is 0.0267. The molecular formula is C11H24N2O3S. The van der Waals surface area contributed by atoms with Gasteiger partial charge in [-0.3, -0.25) is 0 Å². The van der Waals surface area contributed by atoms with E-state index in [1.54, 1.807) is 0 Å². The molecule has 17 heavy (non-hydrogen) atoms. The highest BCUT2D eigenvalue weighted by atomic mass is 32.2. The second-order valence-electron chi connectivity index (χ2n) is 4.76. The average Bonchev–Trinajstić information content (AvgIpc) is 2.42. The molecule has 1 unspecified atom stereocenters. The normalized spacial score (nSPS) is 23.9. The van der Waals surface area contributed by atoms with Crippen molar-refractivity contribution in [1.29, 1.82) is 0 Å². The second kappa shape index (κ2) is 6.68. The predicted octanol–water partition coefficient (Wildman–Crippen LogP) is 0.902. The van der Waals surface area contributed by atoms with E-state index in [9.17, 15) is 8.42 Å². The lowest BCUT2D eigenvalue weighted by atomic mass is 10.2. The molecule has 0 bridgehead atoms. The van der Waals surface area contributed by atoms with E-state index in [4.69, 9.17) is 10.5 Å². The number of nitrogens with zero attached hydrogens (tertiary/aromatic N) is 1. The highest BCUT2D eigenvalue weighted by Crippen LogP contribution is 2.17. The first-order valence-electron chi connectivity index (χ1n) is 6.30. The van der Waals surface area contributed by atoms with Crippen molar-refractivity contribution in [2.24, 2.45) is 5.73 Å². The van der Waals surface area contributed by atoms with Crippen LogP contribution in [0, 0.1) is 0 Å². The Labute approximate surface area is 104 Å². The van der Waals surface area contributed by atoms with E-state index >= 15 is 0 Å². The van der Waals surface area contributed by atoms with Gasteiger partial charge in [-0.1, -0.05) is 12.8 Å². The molecule has 1 atom stereocenters. The number of rotatable bonds is 5. The van der Waals surface area contributed by atoms with Crippen molar-refractivity contribution in [3.05, 3.63) is 0 Å². The van der Waals surface area contributed by atoms with Crippen LogP contribution in [-0.2, 0) is 14.8 Å². The largest absolute Gasteiger partial charge is 0.378 e. The van der Waals surface area contributed by atoms with Gasteiger partial charge >= 0.3 is 0 Å². The molecule has 102 valence electrons. The van der Waals surface area contributed by atoms with Gasteiger partial charge in [0.1, 0.15) is 0 Å². The van der Waals surface area contributed by atoms with Crippen molar-refractivity contribution in [3.8, 4) is 0 Å². The quantitative estimate of drug-likeness (QED) is 0.801. The maximum absolute atomic E-state index is 12.1. The fourth-order valence-electron chi connectivity index (χ4n) is 1.96. The van der Waals surface area contributed by atoms with Gasteiger partial charge in [-0.25, -0.2) is 8.42 Å². The first-order chi connectivity index (χ1) is 7.93. The molecule has 0 spiro atoms. The minimum atomic E-state index is -3.27. The van der Waals surface area contributed by atoms with Crippen LogP contribution in [0.15, 0.2) is 0 Å². The van der Waals surface area contributed by atoms with Crippen LogP contribution in [0.1, 0.15) is 39.5 Å². The average molecular weight is 264 g/mol. The van der Waals surface area contributed by atoms with Crippen LogP contribution in [0.3, 0.4) is 0 Å². The van der Waals surface area contributed by atoms with E-state index < -0.39 is 10.0 Å². The van der Waals surface area contributed by atoms with E-state index in [0.29, 0.717) is 6.54 Å². The second-order valence-corrected chi connectivity index (χ2v) is 6.80. The number of nitrogens with two attached hydrogens (primary N) is 1. The first-order valence-corrected chi connectivity index (χ1v) is 7.91. The van der Waals surface area contributed by atoms with Gasteiger partial charge in [0.15, 0.2) is 0 Å². The van der Waals surface area contributed by atoms with Crippen LogP contribution >= 0.6 is 0 Å². The SMILES string of the molecule is CC(C)OCCS(=O)(=O)N1CCCCCC1N. The molecule has 1 saturated heterocycles. The van der Waals surface area contributed by atoms with Crippen LogP contribution in [-0.4, -0.2) is 43.9 Å². The van der Waals surface area contributed by atoms with Crippen LogP contribution in [0.4, 0.5) is 0 Å². The molecule has 2 N–H and O–H groups in total. The Kier molecular flexibility index (Phi) is 5.85. The van der Waals surface area contributed by atoms with Gasteiger partial charge in [0.05, 0.1) is 24.6 Å². The summed E-state index contributed by atoms with van der Waals surface area (Å²) in [7, 11) is -3.27. The summed E-state index contributed by atoms with van der Waals surface area (Å²) in [6.45, 7) is 4.57. The fourth-order valence-corrected chi connectivity index (χ4v) is 3.43. The minimum Gasteiger partial charge on any atom is -0.378 e. The van der Waals surface area contributed by atoms with Crippen LogP contribution in [0.25, 0.3) is 0 Å². The molecule has 0 amide bonds. The molecule has 0 radical (unpaired) electrons. The lowest BCUT2D eigenvalue weighted by Crippen LogP contribution is -2.46. The number of hydrogen-bond acceptors (Lipinski definition) is 4. The molecule has 0 saturated carbocycles. The van der Waals surface area contributed by atoms with E-state index in [1.165, 1.54) is 4.31 Å². The van der Waals surface area contributed by atoms with E-state index in [1.807, 2.05) is 13.8 Å². The van der Waals surface area contributed by atoms with Gasteiger partial charge < -0.3 is 10.5 Å². The maximum atomic E-state index is 12.1. The van der Waals surface area contributed by atoms with E-state index in [0.717, 1.165) is 25.7 Å². The monoisotopic (exact) mass is 264 g/mol. The van der Waals surface area contributed by atoms with Crippen LogP contribution in [0.5, 0.6) is 0 Å². The summed E-state index contributed by atoms with van der Waals surface area (Å²) in [5.41, 5.74) is 5.90. The number of hydrogen-bond donors (Lipinski definition) is 1. The highest BCUT2D eigenvalue weighted by Gasteiger charge is 2.28. The zero-order valence-corrected chi connectivity index (χ0v) is 11.6. The molecule has 0 aromatic heterocycles. The maximum Gasteiger partial charge on any atom is 0.217 e. The van der Waals surface area contributed by atoms with Gasteiger partial charge in [0.2, 0.25) is 10.0 Å². The third-order valence-corrected chi connectivity index (χ3v) is 4.75. The van der Waals surface area contributed by atoms with Crippen molar-refractivity contribution in [1.82, 2.24) is 4.31 Å². The standard InChI is InChI=1S/C11H24N2O3S/c1-10(2)16-8-9-17(14,15)13-7-5-3-4-6-11(13)12/h10-11H,3-9,12H2,1-2H3. The van der Waals surface area contributed by atoms with E-state index in [-0.39, 0.29) is 24.6 Å². The molecule has 1 aliphatic rings. The van der Waals surface area contributed by atoms with Gasteiger partial charge in [0.25, 0.3) is 0 Å². The third-order valence-electron chi connectivity index (χ3n) is 2.90. The summed E-state index contributed by atoms with van der Waals surface area (Å²) in [6, 6.07) is 0. The van der Waals surface area contributed by atoms with Gasteiger partial charge in [-0.15, -0.1) is 0 Å². The fraction of sp³-hybridized carbons (Fsp3) is 1.00. The Balaban J connectivity index is 2.54. The van der Waals surface area contributed by atoms with Crippen molar-refractivity contribution < 1.29 is 13.2 Å². The molecule has 6 heteroatoms. The molecular weight excluding hydrogens is 240 g/mol. The molecule has 5 nitrogen and oxygen atoms in total. The molecule has 1 heterocycles. The summed E-state index contributed by atoms with van der Waals surface area (Å²) in [5, 5.41) is 0. The zero-order valence-electron chi connectivity index (χ0n) is 10.8. The summed E-state index contributed by atoms with van der Waals surface area (Å²) in [4.78, 5) is 0. The molecule has 0 aromatic rings. The molecule has 0 aromatic carbocycles. The van der Waals surface area contributed by atoms with Crippen molar-refractivity contribution in [2.75, 3.05) is 18.9 Å². The summed E-state index contributed by atoms with van der Waals surface area (Å²) in [6.07, 6.45) is 3.42. The lowest BCUT2D eigenvalue weighted by molar-refractivity contribution is 0.0905. The molecule has 0 aliphatic carbocycles. The Hall–Kier alpha value is -0.170. The Morgan fingerprint density at radius 1 is 1.35 bits per heavy atom. The summed E-state index contributed by atoms with van der Waals surface area (Å²) >= 11 is 0. The van der Waals surface area contributed by atoms with Gasteiger partial charge in [0, 0.05) is 6.54 Å².